The van der Waals surface area contributed by atoms with E-state index in [9.17, 15) is 29.1 Å². The highest BCUT2D eigenvalue weighted by Crippen LogP contribution is 2.14. The van der Waals surface area contributed by atoms with Crippen LogP contribution in [0.2, 0.25) is 0 Å². The highest BCUT2D eigenvalue weighted by Gasteiger charge is 2.35. The molecule has 0 heterocycles. The molecule has 12 nitrogen and oxygen atoms in total. The Hall–Kier alpha value is -3.51. The van der Waals surface area contributed by atoms with Gasteiger partial charge in [0.1, 0.15) is 18.1 Å². The number of carbonyl (C=O) groups is 4. The molecule has 0 aromatic heterocycles. The topological polar surface area (TPSA) is 206 Å². The molecule has 0 spiro atoms. The van der Waals surface area contributed by atoms with Crippen LogP contribution in [-0.4, -0.2) is 71.3 Å². The number of nitrogen functional groups attached to an aromatic ring is 1. The molecule has 0 saturated carbocycles. The summed E-state index contributed by atoms with van der Waals surface area (Å²) < 4.78 is 0. The molecule has 0 aliphatic rings. The zero-order chi connectivity index (χ0) is 34.4. The van der Waals surface area contributed by atoms with E-state index in [4.69, 9.17) is 11.5 Å². The van der Waals surface area contributed by atoms with Gasteiger partial charge in [0.2, 0.25) is 29.9 Å². The van der Waals surface area contributed by atoms with E-state index in [-0.39, 0.29) is 30.6 Å². The van der Waals surface area contributed by atoms with Gasteiger partial charge in [-0.15, -0.1) is 0 Å². The van der Waals surface area contributed by atoms with Crippen LogP contribution in [-0.2, 0) is 30.4 Å². The fourth-order valence-corrected chi connectivity index (χ4v) is 4.85. The van der Waals surface area contributed by atoms with E-state index < -0.39 is 65.9 Å². The monoisotopic (exact) mass is 631 g/mol. The molecule has 0 bridgehead atoms. The van der Waals surface area contributed by atoms with Gasteiger partial charge in [0.15, 0.2) is 0 Å². The van der Waals surface area contributed by atoms with Crippen molar-refractivity contribution in [3.63, 3.8) is 0 Å². The SMILES string of the molecule is CC(C)C[C@@H]([C]=O)NC(=O)[C@@H](NC(=O)[C@H](Cc1cccc(N)c1)NC(=O)[C@H](CC(C)C)NC(=O)[C@H](N)CC(C)C)C(O)C(C)C. The molecule has 1 aromatic carbocycles. The van der Waals surface area contributed by atoms with Gasteiger partial charge in [-0.05, 0) is 60.6 Å². The molecule has 0 saturated heterocycles. The van der Waals surface area contributed by atoms with E-state index in [1.807, 2.05) is 41.5 Å². The lowest BCUT2D eigenvalue weighted by Crippen LogP contribution is -2.61. The lowest BCUT2D eigenvalue weighted by Gasteiger charge is -2.30. The summed E-state index contributed by atoms with van der Waals surface area (Å²) in [6.45, 7) is 14.8. The molecule has 1 radical (unpaired) electrons. The van der Waals surface area contributed by atoms with Crippen molar-refractivity contribution in [2.24, 2.45) is 29.4 Å². The summed E-state index contributed by atoms with van der Waals surface area (Å²) in [6, 6.07) is 1.44. The molecule has 0 aliphatic carbocycles. The fourth-order valence-electron chi connectivity index (χ4n) is 4.85. The number of rotatable bonds is 19. The predicted molar refractivity (Wildman–Crippen MR) is 175 cm³/mol. The maximum atomic E-state index is 13.8. The van der Waals surface area contributed by atoms with Gasteiger partial charge in [-0.2, -0.15) is 0 Å². The smallest absolute Gasteiger partial charge is 0.245 e. The Balaban J connectivity index is 3.37. The van der Waals surface area contributed by atoms with Gasteiger partial charge in [-0.1, -0.05) is 67.5 Å². The first-order chi connectivity index (χ1) is 20.9. The summed E-state index contributed by atoms with van der Waals surface area (Å²) in [5.74, 6) is -2.73. The van der Waals surface area contributed by atoms with E-state index in [1.54, 1.807) is 44.4 Å². The van der Waals surface area contributed by atoms with Gasteiger partial charge in [0.05, 0.1) is 18.2 Å². The summed E-state index contributed by atoms with van der Waals surface area (Å²) in [5.41, 5.74) is 13.1. The van der Waals surface area contributed by atoms with E-state index >= 15 is 0 Å². The maximum Gasteiger partial charge on any atom is 0.245 e. The van der Waals surface area contributed by atoms with E-state index in [0.29, 0.717) is 24.1 Å². The van der Waals surface area contributed by atoms with Crippen LogP contribution >= 0.6 is 0 Å². The standard InChI is InChI=1S/C33H55N6O6/c1-18(2)12-24(17-40)36-33(45)28(29(41)21(7)8)39-32(44)27(16-22-10-9-11-23(34)15-22)38-31(43)26(14-20(5)6)37-30(42)25(35)13-19(3)4/h9-11,15,18-21,24-29,41H,12-14,16,34-35H2,1-8H3,(H,36,45)(H,37,42)(H,38,43)(H,39,44)/t24-,25+,26-,27-,28-,29?/m0/s1. The normalized spacial score (nSPS) is 15.6. The number of benzene rings is 1. The average molecular weight is 632 g/mol. The zero-order valence-corrected chi connectivity index (χ0v) is 28.1. The van der Waals surface area contributed by atoms with Gasteiger partial charge < -0.3 is 37.8 Å². The number of nitrogens with two attached hydrogens (primary N) is 2. The van der Waals surface area contributed by atoms with E-state index in [0.717, 1.165) is 0 Å². The Morgan fingerprint density at radius 2 is 1.31 bits per heavy atom. The maximum absolute atomic E-state index is 13.8. The second-order valence-electron chi connectivity index (χ2n) is 13.5. The van der Waals surface area contributed by atoms with E-state index in [1.165, 1.54) is 0 Å². The largest absolute Gasteiger partial charge is 0.399 e. The van der Waals surface area contributed by atoms with Crippen molar-refractivity contribution in [2.45, 2.75) is 117 Å². The summed E-state index contributed by atoms with van der Waals surface area (Å²) in [4.78, 5) is 65.1. The molecule has 12 heteroatoms. The molecular formula is C33H55N6O6. The number of amides is 4. The van der Waals surface area contributed by atoms with Crippen LogP contribution in [0.3, 0.4) is 0 Å². The van der Waals surface area contributed by atoms with Crippen molar-refractivity contribution in [1.29, 1.82) is 0 Å². The highest BCUT2D eigenvalue weighted by molar-refractivity contribution is 5.95. The number of carbonyl (C=O) groups excluding carboxylic acids is 5. The van der Waals surface area contributed by atoms with Crippen molar-refractivity contribution >= 4 is 35.6 Å². The third-order valence-electron chi connectivity index (χ3n) is 7.20. The fraction of sp³-hybridized carbons (Fsp3) is 0.667. The molecule has 6 atom stereocenters. The van der Waals surface area contributed by atoms with Crippen LogP contribution in [0.1, 0.15) is 80.2 Å². The lowest BCUT2D eigenvalue weighted by atomic mass is 9.96. The first-order valence-corrected chi connectivity index (χ1v) is 15.8. The third-order valence-corrected chi connectivity index (χ3v) is 7.20. The van der Waals surface area contributed by atoms with E-state index in [2.05, 4.69) is 21.3 Å². The second kappa shape index (κ2) is 19.1. The molecule has 1 unspecified atom stereocenters. The first kappa shape index (κ1) is 39.5. The molecule has 45 heavy (non-hydrogen) atoms. The number of anilines is 1. The van der Waals surface area contributed by atoms with Crippen molar-refractivity contribution in [3.8, 4) is 0 Å². The van der Waals surface area contributed by atoms with Crippen molar-refractivity contribution in [3.05, 3.63) is 29.8 Å². The Bertz CT molecular complexity index is 1120. The van der Waals surface area contributed by atoms with Gasteiger partial charge >= 0.3 is 0 Å². The Morgan fingerprint density at radius 3 is 1.82 bits per heavy atom. The van der Waals surface area contributed by atoms with Gasteiger partial charge in [-0.25, -0.2) is 0 Å². The molecule has 9 N–H and O–H groups in total. The van der Waals surface area contributed by atoms with Crippen LogP contribution in [0.15, 0.2) is 24.3 Å². The Kier molecular flexibility index (Phi) is 16.8. The van der Waals surface area contributed by atoms with Crippen molar-refractivity contribution < 1.29 is 29.1 Å². The summed E-state index contributed by atoms with van der Waals surface area (Å²) in [5, 5.41) is 21.6. The Morgan fingerprint density at radius 1 is 0.756 bits per heavy atom. The van der Waals surface area contributed by atoms with Gasteiger partial charge in [0.25, 0.3) is 0 Å². The Labute approximate surface area is 268 Å². The van der Waals surface area contributed by atoms with Crippen molar-refractivity contribution in [1.82, 2.24) is 21.3 Å². The van der Waals surface area contributed by atoms with Crippen LogP contribution in [0.4, 0.5) is 5.69 Å². The minimum atomic E-state index is -1.43. The van der Waals surface area contributed by atoms with Crippen LogP contribution in [0.25, 0.3) is 0 Å². The number of nitrogens with one attached hydrogen (secondary N) is 4. The molecule has 1 rings (SSSR count). The average Bonchev–Trinajstić information content (AvgIpc) is 2.93. The minimum absolute atomic E-state index is 0.00201. The van der Waals surface area contributed by atoms with Crippen LogP contribution < -0.4 is 32.7 Å². The molecule has 1 aromatic rings. The van der Waals surface area contributed by atoms with Crippen LogP contribution in [0, 0.1) is 23.7 Å². The molecule has 253 valence electrons. The lowest BCUT2D eigenvalue weighted by molar-refractivity contribution is -0.136. The third kappa shape index (κ3) is 14.4. The number of hydrogen-bond acceptors (Lipinski definition) is 8. The second-order valence-corrected chi connectivity index (χ2v) is 13.5. The first-order valence-electron chi connectivity index (χ1n) is 15.8. The molecular weight excluding hydrogens is 576 g/mol. The van der Waals surface area contributed by atoms with Crippen LogP contribution in [0.5, 0.6) is 0 Å². The number of hydrogen-bond donors (Lipinski definition) is 7. The molecule has 4 amide bonds. The highest BCUT2D eigenvalue weighted by atomic mass is 16.3. The summed E-state index contributed by atoms with van der Waals surface area (Å²) in [7, 11) is 0. The summed E-state index contributed by atoms with van der Waals surface area (Å²) >= 11 is 0. The number of aliphatic hydroxyl groups is 1. The van der Waals surface area contributed by atoms with Crippen molar-refractivity contribution in [2.75, 3.05) is 5.73 Å². The molecule has 0 fully saturated rings. The van der Waals surface area contributed by atoms with Gasteiger partial charge in [-0.3, -0.25) is 24.0 Å². The predicted octanol–water partition coefficient (Wildman–Crippen LogP) is 1.34. The zero-order valence-electron chi connectivity index (χ0n) is 28.1. The van der Waals surface area contributed by atoms with Gasteiger partial charge in [0, 0.05) is 12.1 Å². The quantitative estimate of drug-likeness (QED) is 0.111. The minimum Gasteiger partial charge on any atom is -0.399 e. The molecule has 0 aliphatic heterocycles. The summed E-state index contributed by atoms with van der Waals surface area (Å²) in [6.07, 6.45) is 1.54. The number of aliphatic hydroxyl groups excluding tert-OH is 1.